The summed E-state index contributed by atoms with van der Waals surface area (Å²) in [5.41, 5.74) is 13.3. The Balaban J connectivity index is 1.52. The van der Waals surface area contributed by atoms with Gasteiger partial charge in [0.25, 0.3) is 11.8 Å². The first-order chi connectivity index (χ1) is 15.0. The number of nitrogens with zero attached hydrogens (tertiary/aromatic N) is 1. The maximum Gasteiger partial charge on any atom is 0.255 e. The molecule has 31 heavy (non-hydrogen) atoms. The standard InChI is InChI=1S/C25H24N4O2/c1-14-5-6-17(24(30)28-18-7-8-18)12-19(14)15-3-2-4-16(11-15)22-13-20(26)23-21(29-22)9-10-27-25(23)31/h2-6,11-13,18H,7-10H2,1H3,(H2,26,29)(H,27,31)(H,28,30). The van der Waals surface area contributed by atoms with Crippen LogP contribution in [0.2, 0.25) is 0 Å². The van der Waals surface area contributed by atoms with Gasteiger partial charge in [-0.25, -0.2) is 0 Å². The van der Waals surface area contributed by atoms with Gasteiger partial charge in [0.1, 0.15) is 0 Å². The number of anilines is 1. The van der Waals surface area contributed by atoms with Crippen LogP contribution in [0.1, 0.15) is 44.8 Å². The zero-order valence-electron chi connectivity index (χ0n) is 17.4. The number of fused-ring (bicyclic) bond motifs is 1. The van der Waals surface area contributed by atoms with Gasteiger partial charge in [0.15, 0.2) is 0 Å². The van der Waals surface area contributed by atoms with Crippen molar-refractivity contribution in [2.75, 3.05) is 12.3 Å². The molecule has 0 unspecified atom stereocenters. The number of benzene rings is 2. The maximum atomic E-state index is 12.5. The fourth-order valence-electron chi connectivity index (χ4n) is 4.01. The second kappa shape index (κ2) is 7.54. The number of hydrogen-bond donors (Lipinski definition) is 3. The summed E-state index contributed by atoms with van der Waals surface area (Å²) in [7, 11) is 0. The van der Waals surface area contributed by atoms with Crippen LogP contribution in [0, 0.1) is 6.92 Å². The Bertz CT molecular complexity index is 1210. The van der Waals surface area contributed by atoms with E-state index >= 15 is 0 Å². The van der Waals surface area contributed by atoms with Gasteiger partial charge in [0.2, 0.25) is 0 Å². The van der Waals surface area contributed by atoms with Crippen molar-refractivity contribution in [3.8, 4) is 22.4 Å². The van der Waals surface area contributed by atoms with Crippen molar-refractivity contribution in [2.45, 2.75) is 32.2 Å². The summed E-state index contributed by atoms with van der Waals surface area (Å²) in [6.07, 6.45) is 2.78. The smallest absolute Gasteiger partial charge is 0.255 e. The minimum Gasteiger partial charge on any atom is -0.398 e. The topological polar surface area (TPSA) is 97.1 Å². The molecule has 1 fully saturated rings. The lowest BCUT2D eigenvalue weighted by molar-refractivity contribution is 0.0939. The quantitative estimate of drug-likeness (QED) is 0.611. The van der Waals surface area contributed by atoms with Gasteiger partial charge in [-0.1, -0.05) is 24.3 Å². The lowest BCUT2D eigenvalue weighted by atomic mass is 9.95. The number of hydrogen-bond acceptors (Lipinski definition) is 4. The van der Waals surface area contributed by atoms with Crippen LogP contribution in [0.15, 0.2) is 48.5 Å². The molecule has 0 bridgehead atoms. The number of nitrogens with one attached hydrogen (secondary N) is 2. The SMILES string of the molecule is Cc1ccc(C(=O)NC2CC2)cc1-c1cccc(-c2cc(N)c3c(n2)CCNC3=O)c1. The van der Waals surface area contributed by atoms with Crippen LogP contribution in [0.3, 0.4) is 0 Å². The molecule has 3 aromatic rings. The molecule has 1 aliphatic heterocycles. The van der Waals surface area contributed by atoms with Crippen molar-refractivity contribution in [1.82, 2.24) is 15.6 Å². The van der Waals surface area contributed by atoms with Crippen LogP contribution < -0.4 is 16.4 Å². The van der Waals surface area contributed by atoms with Gasteiger partial charge in [-0.15, -0.1) is 0 Å². The predicted octanol–water partition coefficient (Wildman–Crippen LogP) is 3.48. The fourth-order valence-corrected chi connectivity index (χ4v) is 4.01. The first kappa shape index (κ1) is 19.3. The molecular weight excluding hydrogens is 388 g/mol. The van der Waals surface area contributed by atoms with E-state index in [9.17, 15) is 9.59 Å². The number of aromatic nitrogens is 1. The molecule has 5 rings (SSSR count). The largest absolute Gasteiger partial charge is 0.398 e. The summed E-state index contributed by atoms with van der Waals surface area (Å²) in [4.78, 5) is 29.4. The van der Waals surface area contributed by atoms with Crippen LogP contribution in [0.5, 0.6) is 0 Å². The third kappa shape index (κ3) is 3.77. The Morgan fingerprint density at radius 2 is 1.94 bits per heavy atom. The van der Waals surface area contributed by atoms with E-state index in [1.807, 2.05) is 43.3 Å². The number of amides is 2. The molecule has 6 heteroatoms. The molecule has 0 spiro atoms. The molecule has 2 heterocycles. The molecule has 1 saturated carbocycles. The number of carbonyl (C=O) groups is 2. The van der Waals surface area contributed by atoms with Crippen LogP contribution in [-0.4, -0.2) is 29.4 Å². The Morgan fingerprint density at radius 1 is 1.13 bits per heavy atom. The monoisotopic (exact) mass is 412 g/mol. The second-order valence-corrected chi connectivity index (χ2v) is 8.28. The van der Waals surface area contributed by atoms with Crippen LogP contribution in [0.25, 0.3) is 22.4 Å². The van der Waals surface area contributed by atoms with Crippen LogP contribution >= 0.6 is 0 Å². The summed E-state index contributed by atoms with van der Waals surface area (Å²) in [5.74, 6) is -0.189. The van der Waals surface area contributed by atoms with E-state index in [0.717, 1.165) is 46.5 Å². The van der Waals surface area contributed by atoms with E-state index < -0.39 is 0 Å². The number of aryl methyl sites for hydroxylation is 1. The van der Waals surface area contributed by atoms with E-state index in [4.69, 9.17) is 10.7 Å². The fraction of sp³-hybridized carbons (Fsp3) is 0.240. The molecule has 2 aromatic carbocycles. The van der Waals surface area contributed by atoms with E-state index in [1.165, 1.54) is 0 Å². The van der Waals surface area contributed by atoms with Crippen molar-refractivity contribution < 1.29 is 9.59 Å². The maximum absolute atomic E-state index is 12.5. The van der Waals surface area contributed by atoms with Gasteiger partial charge in [-0.2, -0.15) is 0 Å². The highest BCUT2D eigenvalue weighted by Crippen LogP contribution is 2.31. The Hall–Kier alpha value is -3.67. The predicted molar refractivity (Wildman–Crippen MR) is 121 cm³/mol. The molecule has 6 nitrogen and oxygen atoms in total. The lowest BCUT2D eigenvalue weighted by Crippen LogP contribution is -2.33. The van der Waals surface area contributed by atoms with Crippen LogP contribution in [-0.2, 0) is 6.42 Å². The van der Waals surface area contributed by atoms with E-state index in [1.54, 1.807) is 6.07 Å². The van der Waals surface area contributed by atoms with Crippen molar-refractivity contribution in [2.24, 2.45) is 0 Å². The zero-order valence-corrected chi connectivity index (χ0v) is 17.4. The van der Waals surface area contributed by atoms with Crippen molar-refractivity contribution in [3.05, 3.63) is 70.9 Å². The average molecular weight is 412 g/mol. The molecule has 1 aliphatic carbocycles. The van der Waals surface area contributed by atoms with Gasteiger partial charge in [0, 0.05) is 35.8 Å². The number of rotatable bonds is 4. The number of pyridine rings is 1. The number of nitrogen functional groups attached to an aromatic ring is 1. The molecule has 2 amide bonds. The Kier molecular flexibility index (Phi) is 4.70. The minimum atomic E-state index is -0.163. The highest BCUT2D eigenvalue weighted by molar-refractivity contribution is 6.01. The van der Waals surface area contributed by atoms with E-state index in [2.05, 4.69) is 16.7 Å². The number of carbonyl (C=O) groups excluding carboxylic acids is 2. The van der Waals surface area contributed by atoms with Gasteiger partial charge < -0.3 is 16.4 Å². The summed E-state index contributed by atoms with van der Waals surface area (Å²) in [6.45, 7) is 2.61. The summed E-state index contributed by atoms with van der Waals surface area (Å²) in [5, 5.41) is 5.86. The van der Waals surface area contributed by atoms with Crippen LogP contribution in [0.4, 0.5) is 5.69 Å². The van der Waals surface area contributed by atoms with E-state index in [-0.39, 0.29) is 11.8 Å². The molecule has 4 N–H and O–H groups in total. The van der Waals surface area contributed by atoms with Crippen molar-refractivity contribution in [1.29, 1.82) is 0 Å². The Labute approximate surface area is 180 Å². The first-order valence-corrected chi connectivity index (χ1v) is 10.6. The van der Waals surface area contributed by atoms with Gasteiger partial charge in [-0.3, -0.25) is 14.6 Å². The highest BCUT2D eigenvalue weighted by atomic mass is 16.2. The van der Waals surface area contributed by atoms with Crippen molar-refractivity contribution >= 4 is 17.5 Å². The average Bonchev–Trinajstić information content (AvgIpc) is 3.58. The highest BCUT2D eigenvalue weighted by Gasteiger charge is 2.24. The summed E-state index contributed by atoms with van der Waals surface area (Å²) in [6, 6.07) is 15.9. The molecule has 0 atom stereocenters. The normalized spacial score (nSPS) is 15.2. The minimum absolute atomic E-state index is 0.0256. The molecule has 0 saturated heterocycles. The number of nitrogens with two attached hydrogens (primary N) is 1. The summed E-state index contributed by atoms with van der Waals surface area (Å²) >= 11 is 0. The molecule has 1 aromatic heterocycles. The van der Waals surface area contributed by atoms with Gasteiger partial charge in [0.05, 0.1) is 17.0 Å². The zero-order chi connectivity index (χ0) is 21.5. The third-order valence-corrected chi connectivity index (χ3v) is 5.88. The second-order valence-electron chi connectivity index (χ2n) is 8.28. The third-order valence-electron chi connectivity index (χ3n) is 5.88. The van der Waals surface area contributed by atoms with Crippen molar-refractivity contribution in [3.63, 3.8) is 0 Å². The molecule has 2 aliphatic rings. The first-order valence-electron chi connectivity index (χ1n) is 10.6. The molecular formula is C25H24N4O2. The lowest BCUT2D eigenvalue weighted by Gasteiger charge is -2.18. The Morgan fingerprint density at radius 3 is 2.74 bits per heavy atom. The molecule has 156 valence electrons. The summed E-state index contributed by atoms with van der Waals surface area (Å²) < 4.78 is 0. The molecule has 0 radical (unpaired) electrons. The van der Waals surface area contributed by atoms with E-state index in [0.29, 0.717) is 35.8 Å². The van der Waals surface area contributed by atoms with Gasteiger partial charge in [-0.05, 0) is 60.7 Å². The van der Waals surface area contributed by atoms with Gasteiger partial charge >= 0.3 is 0 Å².